The van der Waals surface area contributed by atoms with Crippen molar-refractivity contribution in [3.8, 4) is 5.75 Å². The van der Waals surface area contributed by atoms with E-state index < -0.39 is 0 Å². The summed E-state index contributed by atoms with van der Waals surface area (Å²) >= 11 is 15.1. The first kappa shape index (κ1) is 12.7. The van der Waals surface area contributed by atoms with E-state index in [4.69, 9.17) is 27.9 Å². The fraction of sp³-hybridized carbons (Fsp3) is 0.0833. The molecule has 0 N–H and O–H groups in total. The molecule has 0 spiro atoms. The van der Waals surface area contributed by atoms with E-state index in [1.807, 2.05) is 24.3 Å². The van der Waals surface area contributed by atoms with Gasteiger partial charge in [-0.1, -0.05) is 39.1 Å². The summed E-state index contributed by atoms with van der Waals surface area (Å²) in [7, 11) is 0. The number of nitrogens with zero attached hydrogens (tertiary/aromatic N) is 1. The van der Waals surface area contributed by atoms with Gasteiger partial charge in [0.15, 0.2) is 0 Å². The molecule has 1 aromatic carbocycles. The van der Waals surface area contributed by atoms with Gasteiger partial charge < -0.3 is 4.74 Å². The molecule has 0 aliphatic carbocycles. The number of pyridine rings is 1. The number of hydrogen-bond donors (Lipinski definition) is 0. The summed E-state index contributed by atoms with van der Waals surface area (Å²) in [6, 6.07) is 9.18. The van der Waals surface area contributed by atoms with Crippen molar-refractivity contribution < 1.29 is 4.74 Å². The number of hydrogen-bond acceptors (Lipinski definition) is 2. The molecule has 0 saturated heterocycles. The van der Waals surface area contributed by atoms with Crippen molar-refractivity contribution in [3.05, 3.63) is 56.7 Å². The molecule has 2 rings (SSSR count). The van der Waals surface area contributed by atoms with Gasteiger partial charge in [0.25, 0.3) is 0 Å². The van der Waals surface area contributed by atoms with Crippen molar-refractivity contribution >= 4 is 39.1 Å². The fourth-order valence-electron chi connectivity index (χ4n) is 1.23. The van der Waals surface area contributed by atoms with E-state index in [2.05, 4.69) is 20.9 Å². The standard InChI is InChI=1S/C12H8BrCl2NO/c13-9-1-3-10(4-2-9)17-7-8-6-16-12(15)5-11(8)14/h1-6H,7H2. The number of halogens is 3. The highest BCUT2D eigenvalue weighted by molar-refractivity contribution is 9.10. The van der Waals surface area contributed by atoms with Gasteiger partial charge in [-0.2, -0.15) is 0 Å². The molecule has 88 valence electrons. The molecular formula is C12H8BrCl2NO. The quantitative estimate of drug-likeness (QED) is 0.758. The largest absolute Gasteiger partial charge is 0.489 e. The zero-order chi connectivity index (χ0) is 12.3. The molecule has 0 atom stereocenters. The summed E-state index contributed by atoms with van der Waals surface area (Å²) < 4.78 is 6.59. The van der Waals surface area contributed by atoms with Crippen LogP contribution in [-0.2, 0) is 6.61 Å². The fourth-order valence-corrected chi connectivity index (χ4v) is 1.92. The van der Waals surface area contributed by atoms with Gasteiger partial charge in [-0.15, -0.1) is 0 Å². The lowest BCUT2D eigenvalue weighted by atomic mass is 10.3. The van der Waals surface area contributed by atoms with Crippen molar-refractivity contribution in [2.75, 3.05) is 0 Å². The molecule has 1 heterocycles. The van der Waals surface area contributed by atoms with Crippen LogP contribution in [0.4, 0.5) is 0 Å². The first-order chi connectivity index (χ1) is 8.15. The molecule has 0 amide bonds. The summed E-state index contributed by atoms with van der Waals surface area (Å²) in [6.07, 6.45) is 1.61. The molecule has 0 fully saturated rings. The number of ether oxygens (including phenoxy) is 1. The molecule has 0 saturated carbocycles. The molecule has 17 heavy (non-hydrogen) atoms. The van der Waals surface area contributed by atoms with E-state index in [0.29, 0.717) is 16.8 Å². The van der Waals surface area contributed by atoms with E-state index >= 15 is 0 Å². The Hall–Kier alpha value is -0.770. The lowest BCUT2D eigenvalue weighted by Crippen LogP contribution is -1.97. The van der Waals surface area contributed by atoms with Crippen molar-refractivity contribution in [2.45, 2.75) is 6.61 Å². The SMILES string of the molecule is Clc1cc(Cl)c(COc2ccc(Br)cc2)cn1. The maximum absolute atomic E-state index is 6.01. The molecule has 0 aliphatic rings. The predicted octanol–water partition coefficient (Wildman–Crippen LogP) is 4.73. The second kappa shape index (κ2) is 5.71. The van der Waals surface area contributed by atoms with E-state index in [9.17, 15) is 0 Å². The number of benzene rings is 1. The predicted molar refractivity (Wildman–Crippen MR) is 72.7 cm³/mol. The van der Waals surface area contributed by atoms with Crippen molar-refractivity contribution in [3.63, 3.8) is 0 Å². The van der Waals surface area contributed by atoms with Gasteiger partial charge in [0, 0.05) is 16.2 Å². The second-order valence-corrected chi connectivity index (χ2v) is 5.05. The van der Waals surface area contributed by atoms with Crippen molar-refractivity contribution in [1.82, 2.24) is 4.98 Å². The normalized spacial score (nSPS) is 10.3. The number of aromatic nitrogens is 1. The lowest BCUT2D eigenvalue weighted by Gasteiger charge is -2.07. The molecular weight excluding hydrogens is 325 g/mol. The first-order valence-corrected chi connectivity index (χ1v) is 6.38. The van der Waals surface area contributed by atoms with Crippen LogP contribution < -0.4 is 4.74 Å². The summed E-state index contributed by atoms with van der Waals surface area (Å²) in [5, 5.41) is 0.935. The maximum atomic E-state index is 6.01. The number of rotatable bonds is 3. The monoisotopic (exact) mass is 331 g/mol. The Kier molecular flexibility index (Phi) is 4.26. The van der Waals surface area contributed by atoms with Crippen LogP contribution in [-0.4, -0.2) is 4.98 Å². The van der Waals surface area contributed by atoms with Crippen LogP contribution in [0.5, 0.6) is 5.75 Å². The summed E-state index contributed by atoms with van der Waals surface area (Å²) in [5.41, 5.74) is 0.805. The Morgan fingerprint density at radius 2 is 1.88 bits per heavy atom. The topological polar surface area (TPSA) is 22.1 Å². The minimum Gasteiger partial charge on any atom is -0.489 e. The Morgan fingerprint density at radius 1 is 1.18 bits per heavy atom. The Balaban J connectivity index is 2.04. The minimum absolute atomic E-state index is 0.366. The minimum atomic E-state index is 0.366. The molecule has 0 bridgehead atoms. The molecule has 0 radical (unpaired) electrons. The van der Waals surface area contributed by atoms with Gasteiger partial charge in [-0.25, -0.2) is 4.98 Å². The Labute approximate surface area is 118 Å². The first-order valence-electron chi connectivity index (χ1n) is 4.83. The zero-order valence-electron chi connectivity index (χ0n) is 8.66. The van der Waals surface area contributed by atoms with Gasteiger partial charge in [-0.05, 0) is 30.3 Å². The second-order valence-electron chi connectivity index (χ2n) is 3.34. The lowest BCUT2D eigenvalue weighted by molar-refractivity contribution is 0.306. The average molecular weight is 333 g/mol. The average Bonchev–Trinajstić information content (AvgIpc) is 2.30. The Bertz CT molecular complexity index is 516. The molecule has 5 heteroatoms. The van der Waals surface area contributed by atoms with Gasteiger partial charge in [0.1, 0.15) is 17.5 Å². The van der Waals surface area contributed by atoms with Gasteiger partial charge in [0.05, 0.1) is 5.02 Å². The van der Waals surface area contributed by atoms with E-state index in [0.717, 1.165) is 15.8 Å². The van der Waals surface area contributed by atoms with E-state index in [1.54, 1.807) is 12.3 Å². The van der Waals surface area contributed by atoms with E-state index in [1.165, 1.54) is 0 Å². The summed E-state index contributed by atoms with van der Waals surface area (Å²) in [6.45, 7) is 0.366. The highest BCUT2D eigenvalue weighted by Crippen LogP contribution is 2.21. The molecule has 1 aromatic heterocycles. The van der Waals surface area contributed by atoms with Crippen LogP contribution in [0.15, 0.2) is 41.0 Å². The third kappa shape index (κ3) is 3.60. The summed E-state index contributed by atoms with van der Waals surface area (Å²) in [4.78, 5) is 3.96. The van der Waals surface area contributed by atoms with Crippen LogP contribution >= 0.6 is 39.1 Å². The van der Waals surface area contributed by atoms with Crippen LogP contribution in [0.25, 0.3) is 0 Å². The summed E-state index contributed by atoms with van der Waals surface area (Å²) in [5.74, 6) is 0.777. The highest BCUT2D eigenvalue weighted by Gasteiger charge is 2.03. The van der Waals surface area contributed by atoms with Crippen LogP contribution in [0, 0.1) is 0 Å². The molecule has 0 aliphatic heterocycles. The van der Waals surface area contributed by atoms with Gasteiger partial charge in [-0.3, -0.25) is 0 Å². The molecule has 0 unspecified atom stereocenters. The molecule has 2 aromatic rings. The molecule has 2 nitrogen and oxygen atoms in total. The van der Waals surface area contributed by atoms with Crippen molar-refractivity contribution in [1.29, 1.82) is 0 Å². The third-order valence-corrected chi connectivity index (χ3v) is 3.19. The van der Waals surface area contributed by atoms with Gasteiger partial charge >= 0.3 is 0 Å². The van der Waals surface area contributed by atoms with Crippen LogP contribution in [0.3, 0.4) is 0 Å². The van der Waals surface area contributed by atoms with Crippen LogP contribution in [0.2, 0.25) is 10.2 Å². The third-order valence-electron chi connectivity index (χ3n) is 2.10. The van der Waals surface area contributed by atoms with Gasteiger partial charge in [0.2, 0.25) is 0 Å². The van der Waals surface area contributed by atoms with E-state index in [-0.39, 0.29) is 0 Å². The van der Waals surface area contributed by atoms with Crippen molar-refractivity contribution in [2.24, 2.45) is 0 Å². The smallest absolute Gasteiger partial charge is 0.130 e. The Morgan fingerprint density at radius 3 is 2.53 bits per heavy atom. The van der Waals surface area contributed by atoms with Crippen LogP contribution in [0.1, 0.15) is 5.56 Å². The highest BCUT2D eigenvalue weighted by atomic mass is 79.9. The zero-order valence-corrected chi connectivity index (χ0v) is 11.8. The maximum Gasteiger partial charge on any atom is 0.130 e.